The fourth-order valence-electron chi connectivity index (χ4n) is 3.13. The third-order valence-corrected chi connectivity index (χ3v) is 5.41. The van der Waals surface area contributed by atoms with Gasteiger partial charge >= 0.3 is 0 Å². The predicted octanol–water partition coefficient (Wildman–Crippen LogP) is 3.54. The normalized spacial score (nSPS) is 14.3. The van der Waals surface area contributed by atoms with Gasteiger partial charge in [-0.15, -0.1) is 11.3 Å². The molecule has 0 unspecified atom stereocenters. The molecule has 3 nitrogen and oxygen atoms in total. The van der Waals surface area contributed by atoms with E-state index < -0.39 is 0 Å². The molecule has 0 bridgehead atoms. The summed E-state index contributed by atoms with van der Waals surface area (Å²) in [7, 11) is 1.82. The zero-order valence-corrected chi connectivity index (χ0v) is 12.7. The fraction of sp³-hybridized carbons (Fsp3) is 0.294. The summed E-state index contributed by atoms with van der Waals surface area (Å²) in [6.45, 7) is 0. The van der Waals surface area contributed by atoms with Crippen molar-refractivity contribution < 1.29 is 0 Å². The fourth-order valence-corrected chi connectivity index (χ4v) is 4.38. The Morgan fingerprint density at radius 1 is 1.14 bits per heavy atom. The van der Waals surface area contributed by atoms with Crippen LogP contribution in [0.5, 0.6) is 0 Å². The Morgan fingerprint density at radius 3 is 2.71 bits per heavy atom. The van der Waals surface area contributed by atoms with Crippen LogP contribution in [0, 0.1) is 0 Å². The number of hydrogen-bond acceptors (Lipinski definition) is 3. The summed E-state index contributed by atoms with van der Waals surface area (Å²) < 4.78 is 1.69. The summed E-state index contributed by atoms with van der Waals surface area (Å²) in [6.07, 6.45) is 4.53. The van der Waals surface area contributed by atoms with Crippen LogP contribution in [0.2, 0.25) is 0 Å². The van der Waals surface area contributed by atoms with Crippen molar-refractivity contribution in [3.8, 4) is 11.4 Å². The number of benzene rings is 1. The van der Waals surface area contributed by atoms with Crippen LogP contribution in [0.15, 0.2) is 35.1 Å². The van der Waals surface area contributed by atoms with Gasteiger partial charge in [0.1, 0.15) is 10.7 Å². The highest BCUT2D eigenvalue weighted by Gasteiger charge is 2.21. The van der Waals surface area contributed by atoms with Gasteiger partial charge in [0, 0.05) is 17.5 Å². The molecule has 2 aromatic heterocycles. The number of nitrogens with zero attached hydrogens (tertiary/aromatic N) is 2. The third-order valence-electron chi connectivity index (χ3n) is 4.23. The molecule has 0 saturated heterocycles. The number of fused-ring (bicyclic) bond motifs is 3. The number of thiophene rings is 1. The molecule has 3 aromatic rings. The van der Waals surface area contributed by atoms with Crippen molar-refractivity contribution in [1.82, 2.24) is 9.55 Å². The monoisotopic (exact) mass is 296 g/mol. The summed E-state index contributed by atoms with van der Waals surface area (Å²) in [5.41, 5.74) is 2.34. The molecule has 0 fully saturated rings. The highest BCUT2D eigenvalue weighted by molar-refractivity contribution is 7.18. The number of hydrogen-bond donors (Lipinski definition) is 0. The first-order valence-electron chi connectivity index (χ1n) is 7.32. The first-order chi connectivity index (χ1) is 10.3. The van der Waals surface area contributed by atoms with E-state index in [4.69, 9.17) is 4.98 Å². The molecule has 4 rings (SSSR count). The van der Waals surface area contributed by atoms with Crippen LogP contribution in [0.4, 0.5) is 0 Å². The molecule has 21 heavy (non-hydrogen) atoms. The lowest BCUT2D eigenvalue weighted by molar-refractivity contribution is 0.699. The van der Waals surface area contributed by atoms with Gasteiger partial charge in [0.15, 0.2) is 0 Å². The minimum absolute atomic E-state index is 0.0956. The van der Waals surface area contributed by atoms with Gasteiger partial charge in [0.2, 0.25) is 0 Å². The Kier molecular flexibility index (Phi) is 2.93. The Hall–Kier alpha value is -1.94. The molecule has 4 heteroatoms. The van der Waals surface area contributed by atoms with E-state index in [0.29, 0.717) is 0 Å². The molecule has 106 valence electrons. The maximum Gasteiger partial charge on any atom is 0.262 e. The summed E-state index contributed by atoms with van der Waals surface area (Å²) in [4.78, 5) is 19.9. The molecule has 0 amide bonds. The lowest BCUT2D eigenvalue weighted by Crippen LogP contribution is -2.20. The van der Waals surface area contributed by atoms with E-state index in [0.717, 1.165) is 34.4 Å². The first kappa shape index (κ1) is 12.8. The Balaban J connectivity index is 2.04. The molecule has 0 saturated carbocycles. The van der Waals surface area contributed by atoms with Crippen molar-refractivity contribution in [2.24, 2.45) is 7.05 Å². The molecular weight excluding hydrogens is 280 g/mol. The largest absolute Gasteiger partial charge is 0.295 e. The van der Waals surface area contributed by atoms with Gasteiger partial charge in [-0.2, -0.15) is 0 Å². The van der Waals surface area contributed by atoms with Crippen LogP contribution in [0.25, 0.3) is 21.6 Å². The molecule has 2 heterocycles. The molecule has 1 aliphatic rings. The van der Waals surface area contributed by atoms with Gasteiger partial charge in [0.25, 0.3) is 5.56 Å². The minimum atomic E-state index is 0.0956. The number of aromatic nitrogens is 2. The van der Waals surface area contributed by atoms with Gasteiger partial charge in [-0.1, -0.05) is 30.3 Å². The van der Waals surface area contributed by atoms with E-state index in [1.165, 1.54) is 23.3 Å². The van der Waals surface area contributed by atoms with Crippen LogP contribution in [0.1, 0.15) is 23.3 Å². The van der Waals surface area contributed by atoms with Crippen molar-refractivity contribution in [1.29, 1.82) is 0 Å². The van der Waals surface area contributed by atoms with Crippen LogP contribution >= 0.6 is 11.3 Å². The van der Waals surface area contributed by atoms with Gasteiger partial charge in [-0.3, -0.25) is 9.36 Å². The van der Waals surface area contributed by atoms with Crippen LogP contribution in [-0.2, 0) is 19.9 Å². The summed E-state index contributed by atoms with van der Waals surface area (Å²) in [5, 5.41) is 0.858. The van der Waals surface area contributed by atoms with E-state index in [1.807, 2.05) is 37.4 Å². The van der Waals surface area contributed by atoms with Crippen LogP contribution in [-0.4, -0.2) is 9.55 Å². The zero-order valence-electron chi connectivity index (χ0n) is 11.9. The van der Waals surface area contributed by atoms with E-state index in [1.54, 1.807) is 15.9 Å². The molecule has 1 aliphatic carbocycles. The smallest absolute Gasteiger partial charge is 0.262 e. The third kappa shape index (κ3) is 1.94. The highest BCUT2D eigenvalue weighted by atomic mass is 32.1. The second-order valence-electron chi connectivity index (χ2n) is 5.56. The highest BCUT2D eigenvalue weighted by Crippen LogP contribution is 2.34. The van der Waals surface area contributed by atoms with Gasteiger partial charge in [0.05, 0.1) is 5.39 Å². The van der Waals surface area contributed by atoms with Gasteiger partial charge < -0.3 is 0 Å². The van der Waals surface area contributed by atoms with E-state index in [-0.39, 0.29) is 5.56 Å². The van der Waals surface area contributed by atoms with Crippen LogP contribution in [0.3, 0.4) is 0 Å². The average Bonchev–Trinajstić information content (AvgIpc) is 2.90. The Morgan fingerprint density at radius 2 is 1.90 bits per heavy atom. The topological polar surface area (TPSA) is 34.9 Å². The summed E-state index contributed by atoms with van der Waals surface area (Å²) in [5.74, 6) is 0.756. The molecule has 0 spiro atoms. The first-order valence-corrected chi connectivity index (χ1v) is 8.14. The predicted molar refractivity (Wildman–Crippen MR) is 86.9 cm³/mol. The zero-order chi connectivity index (χ0) is 14.4. The lowest BCUT2D eigenvalue weighted by Gasteiger charge is -2.11. The van der Waals surface area contributed by atoms with Crippen molar-refractivity contribution in [2.75, 3.05) is 0 Å². The minimum Gasteiger partial charge on any atom is -0.295 e. The summed E-state index contributed by atoms with van der Waals surface area (Å²) >= 11 is 1.71. The number of rotatable bonds is 1. The van der Waals surface area contributed by atoms with E-state index in [9.17, 15) is 4.79 Å². The van der Waals surface area contributed by atoms with Crippen molar-refractivity contribution in [3.05, 3.63) is 51.1 Å². The summed E-state index contributed by atoms with van der Waals surface area (Å²) in [6, 6.07) is 9.93. The average molecular weight is 296 g/mol. The Bertz CT molecular complexity index is 877. The van der Waals surface area contributed by atoms with Crippen molar-refractivity contribution in [3.63, 3.8) is 0 Å². The van der Waals surface area contributed by atoms with Gasteiger partial charge in [-0.05, 0) is 31.2 Å². The second kappa shape index (κ2) is 4.81. The molecule has 0 atom stereocenters. The number of aryl methyl sites for hydroxylation is 2. The second-order valence-corrected chi connectivity index (χ2v) is 6.64. The van der Waals surface area contributed by atoms with E-state index >= 15 is 0 Å². The maximum absolute atomic E-state index is 12.8. The standard InChI is InChI=1S/C17H16N2OS/c1-19-15(11-7-3-2-4-8-11)18-16-14(17(19)20)12-9-5-6-10-13(12)21-16/h2-4,7-8H,5-6,9-10H2,1H3. The van der Waals surface area contributed by atoms with Crippen LogP contribution < -0.4 is 5.56 Å². The van der Waals surface area contributed by atoms with Gasteiger partial charge in [-0.25, -0.2) is 4.98 Å². The Labute approximate surface area is 126 Å². The van der Waals surface area contributed by atoms with E-state index in [2.05, 4.69) is 0 Å². The molecule has 0 radical (unpaired) electrons. The quantitative estimate of drug-likeness (QED) is 0.688. The lowest BCUT2D eigenvalue weighted by atomic mass is 9.97. The SMILES string of the molecule is Cn1c(-c2ccccc2)nc2sc3c(c2c1=O)CCCC3. The van der Waals surface area contributed by atoms with Crippen molar-refractivity contribution in [2.45, 2.75) is 25.7 Å². The molecule has 1 aromatic carbocycles. The molecule has 0 N–H and O–H groups in total. The molecular formula is C17H16N2OS. The molecule has 0 aliphatic heterocycles. The van der Waals surface area contributed by atoms with Crippen molar-refractivity contribution >= 4 is 21.6 Å². The maximum atomic E-state index is 12.8.